The second-order valence-corrected chi connectivity index (χ2v) is 9.33. The van der Waals surface area contributed by atoms with Gasteiger partial charge >= 0.3 is 0 Å². The molecule has 6 heteroatoms. The number of hydrogen-bond acceptors (Lipinski definition) is 4. The zero-order valence-electron chi connectivity index (χ0n) is 14.4. The van der Waals surface area contributed by atoms with Crippen molar-refractivity contribution in [2.45, 2.75) is 57.4 Å². The molecule has 0 N–H and O–H groups in total. The summed E-state index contributed by atoms with van der Waals surface area (Å²) in [5.74, 6) is 0. The fourth-order valence-electron chi connectivity index (χ4n) is 3.36. The molecule has 0 spiro atoms. The average Bonchev–Trinajstić information content (AvgIpc) is 3.01. The molecule has 0 aliphatic carbocycles. The first kappa shape index (κ1) is 17.6. The van der Waals surface area contributed by atoms with Gasteiger partial charge in [-0.25, -0.2) is 13.4 Å². The lowest BCUT2D eigenvalue weighted by Crippen LogP contribution is -2.43. The van der Waals surface area contributed by atoms with E-state index >= 15 is 0 Å². The second-order valence-electron chi connectivity index (χ2n) is 6.41. The summed E-state index contributed by atoms with van der Waals surface area (Å²) in [6.07, 6.45) is 3.88. The van der Waals surface area contributed by atoms with Gasteiger partial charge in [-0.05, 0) is 44.7 Å². The topological polar surface area (TPSA) is 50.3 Å². The lowest BCUT2D eigenvalue weighted by molar-refractivity contribution is 0.246. The van der Waals surface area contributed by atoms with Crippen molar-refractivity contribution in [3.05, 3.63) is 34.2 Å². The van der Waals surface area contributed by atoms with E-state index in [0.717, 1.165) is 47.5 Å². The van der Waals surface area contributed by atoms with E-state index in [0.29, 0.717) is 11.4 Å². The largest absolute Gasteiger partial charge is 0.243 e. The summed E-state index contributed by atoms with van der Waals surface area (Å²) in [7, 11) is -3.47. The molecule has 1 aliphatic heterocycles. The summed E-state index contributed by atoms with van der Waals surface area (Å²) in [6, 6.07) is 5.76. The number of nitrogens with zero attached hydrogens (tertiary/aromatic N) is 2. The standard InChI is InChI=1S/C18H24N2O2S2/c1-4-16-7-5-6-10-20(16)24(21,22)18-11-15(9-8-13(18)2)17-12-23-14(3)19-17/h8-9,11-12,16H,4-7,10H2,1-3H3/t16-/m0/s1. The van der Waals surface area contributed by atoms with E-state index in [2.05, 4.69) is 11.9 Å². The van der Waals surface area contributed by atoms with Crippen molar-refractivity contribution in [3.8, 4) is 11.3 Å². The molecule has 0 bridgehead atoms. The highest BCUT2D eigenvalue weighted by atomic mass is 32.2. The van der Waals surface area contributed by atoms with Crippen molar-refractivity contribution in [2.24, 2.45) is 0 Å². The Morgan fingerprint density at radius 3 is 2.75 bits per heavy atom. The number of aromatic nitrogens is 1. The first-order chi connectivity index (χ1) is 11.4. The Labute approximate surface area is 148 Å². The molecule has 1 aromatic heterocycles. The predicted molar refractivity (Wildman–Crippen MR) is 98.8 cm³/mol. The maximum Gasteiger partial charge on any atom is 0.243 e. The summed E-state index contributed by atoms with van der Waals surface area (Å²) >= 11 is 1.58. The minimum Gasteiger partial charge on any atom is -0.242 e. The Kier molecular flexibility index (Phi) is 5.08. The molecule has 1 aliphatic rings. The third kappa shape index (κ3) is 3.27. The van der Waals surface area contributed by atoms with Gasteiger partial charge in [0.1, 0.15) is 0 Å². The lowest BCUT2D eigenvalue weighted by atomic mass is 10.0. The normalized spacial score (nSPS) is 19.5. The van der Waals surface area contributed by atoms with Gasteiger partial charge in [-0.3, -0.25) is 0 Å². The molecule has 1 fully saturated rings. The summed E-state index contributed by atoms with van der Waals surface area (Å²) < 4.78 is 28.3. The molecule has 1 aromatic carbocycles. The van der Waals surface area contributed by atoms with Crippen LogP contribution in [-0.4, -0.2) is 30.3 Å². The van der Waals surface area contributed by atoms with Gasteiger partial charge in [-0.1, -0.05) is 25.5 Å². The van der Waals surface area contributed by atoms with Crippen molar-refractivity contribution in [1.82, 2.24) is 9.29 Å². The average molecular weight is 365 g/mol. The van der Waals surface area contributed by atoms with E-state index < -0.39 is 10.0 Å². The molecule has 24 heavy (non-hydrogen) atoms. The van der Waals surface area contributed by atoms with E-state index in [1.807, 2.05) is 31.4 Å². The van der Waals surface area contributed by atoms with Gasteiger partial charge in [0.05, 0.1) is 15.6 Å². The highest BCUT2D eigenvalue weighted by molar-refractivity contribution is 7.89. The van der Waals surface area contributed by atoms with Gasteiger partial charge in [0.25, 0.3) is 0 Å². The molecule has 0 unspecified atom stereocenters. The molecule has 4 nitrogen and oxygen atoms in total. The van der Waals surface area contributed by atoms with Gasteiger partial charge in [-0.2, -0.15) is 4.31 Å². The highest BCUT2D eigenvalue weighted by Gasteiger charge is 2.33. The van der Waals surface area contributed by atoms with Crippen LogP contribution in [0.4, 0.5) is 0 Å². The summed E-state index contributed by atoms with van der Waals surface area (Å²) in [5, 5.41) is 2.96. The van der Waals surface area contributed by atoms with E-state index in [-0.39, 0.29) is 6.04 Å². The van der Waals surface area contributed by atoms with Gasteiger partial charge in [-0.15, -0.1) is 11.3 Å². The summed E-state index contributed by atoms with van der Waals surface area (Å²) in [5.41, 5.74) is 2.51. The fraction of sp³-hybridized carbons (Fsp3) is 0.500. The number of aryl methyl sites for hydroxylation is 2. The van der Waals surface area contributed by atoms with Crippen LogP contribution in [0.25, 0.3) is 11.3 Å². The summed E-state index contributed by atoms with van der Waals surface area (Å²) in [6.45, 7) is 6.52. The maximum absolute atomic E-state index is 13.3. The molecule has 130 valence electrons. The first-order valence-corrected chi connectivity index (χ1v) is 10.8. The number of benzene rings is 1. The Hall–Kier alpha value is -1.24. The zero-order chi connectivity index (χ0) is 17.3. The molecular weight excluding hydrogens is 340 g/mol. The van der Waals surface area contributed by atoms with E-state index in [1.54, 1.807) is 21.7 Å². The number of sulfonamides is 1. The van der Waals surface area contributed by atoms with Crippen LogP contribution < -0.4 is 0 Å². The Bertz CT molecular complexity index is 827. The Balaban J connectivity index is 2.04. The monoisotopic (exact) mass is 364 g/mol. The second kappa shape index (κ2) is 6.94. The minimum atomic E-state index is -3.47. The van der Waals surface area contributed by atoms with Crippen molar-refractivity contribution in [2.75, 3.05) is 6.54 Å². The van der Waals surface area contributed by atoms with Crippen LogP contribution in [0.5, 0.6) is 0 Å². The highest BCUT2D eigenvalue weighted by Crippen LogP contribution is 2.31. The van der Waals surface area contributed by atoms with Crippen LogP contribution in [0.3, 0.4) is 0 Å². The van der Waals surface area contributed by atoms with Crippen LogP contribution in [0.1, 0.15) is 43.2 Å². The number of thiazole rings is 1. The first-order valence-electron chi connectivity index (χ1n) is 8.48. The number of hydrogen-bond donors (Lipinski definition) is 0. The molecule has 0 amide bonds. The maximum atomic E-state index is 13.3. The van der Waals surface area contributed by atoms with E-state index in [4.69, 9.17) is 0 Å². The third-order valence-electron chi connectivity index (χ3n) is 4.73. The number of piperidine rings is 1. The van der Waals surface area contributed by atoms with Gasteiger partial charge in [0, 0.05) is 23.5 Å². The van der Waals surface area contributed by atoms with E-state index in [9.17, 15) is 8.42 Å². The molecule has 2 aromatic rings. The molecule has 0 saturated carbocycles. The molecule has 3 rings (SSSR count). The lowest BCUT2D eigenvalue weighted by Gasteiger charge is -2.34. The smallest absolute Gasteiger partial charge is 0.242 e. The Morgan fingerprint density at radius 2 is 2.08 bits per heavy atom. The quantitative estimate of drug-likeness (QED) is 0.809. The molecular formula is C18H24N2O2S2. The van der Waals surface area contributed by atoms with E-state index in [1.165, 1.54) is 0 Å². The minimum absolute atomic E-state index is 0.119. The molecule has 2 heterocycles. The van der Waals surface area contributed by atoms with Crippen LogP contribution in [-0.2, 0) is 10.0 Å². The van der Waals surface area contributed by atoms with Gasteiger partial charge in [0.15, 0.2) is 0 Å². The third-order valence-corrected chi connectivity index (χ3v) is 7.60. The molecule has 0 radical (unpaired) electrons. The van der Waals surface area contributed by atoms with Crippen LogP contribution in [0, 0.1) is 13.8 Å². The molecule has 1 atom stereocenters. The summed E-state index contributed by atoms with van der Waals surface area (Å²) in [4.78, 5) is 4.91. The van der Waals surface area contributed by atoms with Crippen LogP contribution in [0.15, 0.2) is 28.5 Å². The fourth-order valence-corrected chi connectivity index (χ4v) is 6.00. The van der Waals surface area contributed by atoms with Crippen molar-refractivity contribution in [3.63, 3.8) is 0 Å². The zero-order valence-corrected chi connectivity index (χ0v) is 16.1. The SMILES string of the molecule is CC[C@H]1CCCCN1S(=O)(=O)c1cc(-c2csc(C)n2)ccc1C. The van der Waals surface area contributed by atoms with Crippen molar-refractivity contribution in [1.29, 1.82) is 0 Å². The predicted octanol–water partition coefficient (Wildman–Crippen LogP) is 4.38. The van der Waals surface area contributed by atoms with Gasteiger partial charge in [0.2, 0.25) is 10.0 Å². The van der Waals surface area contributed by atoms with Crippen LogP contribution in [0.2, 0.25) is 0 Å². The van der Waals surface area contributed by atoms with Crippen molar-refractivity contribution < 1.29 is 8.42 Å². The number of rotatable bonds is 4. The van der Waals surface area contributed by atoms with Gasteiger partial charge < -0.3 is 0 Å². The molecule has 1 saturated heterocycles. The van der Waals surface area contributed by atoms with Crippen LogP contribution >= 0.6 is 11.3 Å². The Morgan fingerprint density at radius 1 is 1.29 bits per heavy atom. The van der Waals surface area contributed by atoms with Crippen molar-refractivity contribution >= 4 is 21.4 Å².